The van der Waals surface area contributed by atoms with E-state index in [0.29, 0.717) is 0 Å². The van der Waals surface area contributed by atoms with Gasteiger partial charge in [0.15, 0.2) is 0 Å². The summed E-state index contributed by atoms with van der Waals surface area (Å²) in [7, 11) is 2.95. The summed E-state index contributed by atoms with van der Waals surface area (Å²) in [6.07, 6.45) is 0. The Morgan fingerprint density at radius 2 is 1.18 bits per heavy atom. The number of hydrogen-bond donors (Lipinski definition) is 0. The maximum absolute atomic E-state index is 5.29. The van der Waals surface area contributed by atoms with E-state index in [9.17, 15) is 0 Å². The normalized spacial score (nSPS) is 13.2. The van der Waals surface area contributed by atoms with Crippen molar-refractivity contribution in [1.29, 1.82) is 0 Å². The van der Waals surface area contributed by atoms with Crippen molar-refractivity contribution < 1.29 is 4.74 Å². The fourth-order valence-corrected chi connectivity index (χ4v) is 4.71. The second kappa shape index (κ2) is 8.03. The van der Waals surface area contributed by atoms with Crippen LogP contribution in [0.3, 0.4) is 0 Å². The molecule has 152 valence electrons. The monoisotopic (exact) mass is 396 g/mol. The van der Waals surface area contributed by atoms with E-state index < -0.39 is 0 Å². The lowest BCUT2D eigenvalue weighted by atomic mass is 9.75. The average Bonchev–Trinajstić information content (AvgIpc) is 2.57. The molecule has 2 heteroatoms. The Balaban J connectivity index is 2.70. The molecule has 28 heavy (non-hydrogen) atoms. The molecule has 1 nitrogen and oxygen atoms in total. The Morgan fingerprint density at radius 1 is 0.714 bits per heavy atom. The van der Waals surface area contributed by atoms with Crippen molar-refractivity contribution >= 4 is 19.3 Å². The van der Waals surface area contributed by atoms with Crippen LogP contribution in [0.5, 0.6) is 5.75 Å². The van der Waals surface area contributed by atoms with Crippen molar-refractivity contribution in [3.8, 4) is 5.75 Å². The SMILES string of the molecule is COc1ccc(C=Pc2c(C(C)(C)C)cc(C(C)(C)C)cc2C(C)(C)C)cc1. The molecule has 0 spiro atoms. The van der Waals surface area contributed by atoms with E-state index in [1.807, 2.05) is 12.1 Å². The summed E-state index contributed by atoms with van der Waals surface area (Å²) in [5.74, 6) is 3.21. The summed E-state index contributed by atoms with van der Waals surface area (Å²) in [6.45, 7) is 20.9. The van der Waals surface area contributed by atoms with Gasteiger partial charge < -0.3 is 4.74 Å². The zero-order valence-corrected chi connectivity index (χ0v) is 20.3. The predicted molar refractivity (Wildman–Crippen MR) is 127 cm³/mol. The summed E-state index contributed by atoms with van der Waals surface area (Å²) < 4.78 is 5.29. The molecule has 0 fully saturated rings. The summed E-state index contributed by atoms with van der Waals surface area (Å²) in [6, 6.07) is 13.2. The van der Waals surface area contributed by atoms with Crippen molar-refractivity contribution in [2.75, 3.05) is 7.11 Å². The number of benzene rings is 2. The molecule has 0 aliphatic rings. The first-order chi connectivity index (χ1) is 12.7. The van der Waals surface area contributed by atoms with Gasteiger partial charge in [-0.3, -0.25) is 0 Å². The quantitative estimate of drug-likeness (QED) is 0.507. The van der Waals surface area contributed by atoms with Crippen LogP contribution in [0, 0.1) is 0 Å². The Labute approximate surface area is 174 Å². The van der Waals surface area contributed by atoms with Crippen LogP contribution in [0.25, 0.3) is 0 Å². The van der Waals surface area contributed by atoms with Gasteiger partial charge in [-0.2, -0.15) is 0 Å². The molecule has 0 unspecified atom stereocenters. The van der Waals surface area contributed by atoms with Gasteiger partial charge in [0, 0.05) is 5.30 Å². The van der Waals surface area contributed by atoms with Crippen LogP contribution >= 0.6 is 8.20 Å². The highest BCUT2D eigenvalue weighted by Crippen LogP contribution is 2.35. The Kier molecular flexibility index (Phi) is 6.51. The topological polar surface area (TPSA) is 9.23 Å². The third-order valence-electron chi connectivity index (χ3n) is 5.05. The van der Waals surface area contributed by atoms with Gasteiger partial charge in [0.1, 0.15) is 5.75 Å². The lowest BCUT2D eigenvalue weighted by Crippen LogP contribution is -2.29. The van der Waals surface area contributed by atoms with Gasteiger partial charge in [-0.15, -0.1) is 0 Å². The first-order valence-corrected chi connectivity index (χ1v) is 11.1. The van der Waals surface area contributed by atoms with Crippen LogP contribution in [0.2, 0.25) is 0 Å². The maximum atomic E-state index is 5.29. The molecule has 0 aromatic heterocycles. The van der Waals surface area contributed by atoms with Crippen LogP contribution in [-0.4, -0.2) is 12.9 Å². The standard InChI is InChI=1S/C26H37OP/c1-24(2,3)19-15-21(25(4,5)6)23(22(16-19)26(7,8)9)28-17-18-11-13-20(27-10)14-12-18/h11-17H,1-10H3. The van der Waals surface area contributed by atoms with E-state index in [2.05, 4.69) is 92.4 Å². The average molecular weight is 397 g/mol. The Bertz CT molecular complexity index is 803. The minimum Gasteiger partial charge on any atom is -0.497 e. The van der Waals surface area contributed by atoms with E-state index in [-0.39, 0.29) is 16.2 Å². The molecule has 0 heterocycles. The summed E-state index contributed by atoms with van der Waals surface area (Å²) in [5.41, 5.74) is 5.88. The lowest BCUT2D eigenvalue weighted by molar-refractivity contribution is 0.415. The molecule has 0 saturated carbocycles. The molecule has 0 aliphatic carbocycles. The maximum Gasteiger partial charge on any atom is 0.118 e. The van der Waals surface area contributed by atoms with E-state index >= 15 is 0 Å². The zero-order chi connectivity index (χ0) is 21.3. The molecule has 2 aromatic carbocycles. The van der Waals surface area contributed by atoms with Gasteiger partial charge in [-0.25, -0.2) is 0 Å². The van der Waals surface area contributed by atoms with Crippen molar-refractivity contribution in [2.24, 2.45) is 0 Å². The lowest BCUT2D eigenvalue weighted by Gasteiger charge is -2.32. The van der Waals surface area contributed by atoms with Crippen LogP contribution in [0.15, 0.2) is 36.4 Å². The number of hydrogen-bond acceptors (Lipinski definition) is 1. The molecule has 2 aromatic rings. The van der Waals surface area contributed by atoms with Crippen molar-refractivity contribution in [1.82, 2.24) is 0 Å². The van der Waals surface area contributed by atoms with E-state index in [1.54, 1.807) is 7.11 Å². The van der Waals surface area contributed by atoms with Gasteiger partial charge in [-0.05, 0) is 56.4 Å². The van der Waals surface area contributed by atoms with Crippen molar-refractivity contribution in [3.63, 3.8) is 0 Å². The van der Waals surface area contributed by atoms with Gasteiger partial charge in [0.05, 0.1) is 7.11 Å². The second-order valence-corrected chi connectivity index (χ2v) is 11.7. The van der Waals surface area contributed by atoms with Crippen LogP contribution in [-0.2, 0) is 16.2 Å². The smallest absolute Gasteiger partial charge is 0.118 e. The third kappa shape index (κ3) is 5.48. The van der Waals surface area contributed by atoms with Gasteiger partial charge >= 0.3 is 0 Å². The zero-order valence-electron chi connectivity index (χ0n) is 19.4. The molecule has 2 rings (SSSR count). The third-order valence-corrected chi connectivity index (χ3v) is 6.22. The minimum absolute atomic E-state index is 0.0946. The summed E-state index contributed by atoms with van der Waals surface area (Å²) in [4.78, 5) is 0. The highest BCUT2D eigenvalue weighted by atomic mass is 31.1. The first kappa shape index (κ1) is 22.7. The Morgan fingerprint density at radius 3 is 1.54 bits per heavy atom. The molecular formula is C26H37OP. The minimum atomic E-state index is 0.0946. The van der Waals surface area contributed by atoms with Crippen molar-refractivity contribution in [3.05, 3.63) is 58.7 Å². The molecule has 0 atom stereocenters. The van der Waals surface area contributed by atoms with Gasteiger partial charge in [0.2, 0.25) is 0 Å². The number of methoxy groups -OCH3 is 1. The summed E-state index contributed by atoms with van der Waals surface area (Å²) >= 11 is 0. The molecular weight excluding hydrogens is 359 g/mol. The van der Waals surface area contributed by atoms with Gasteiger partial charge in [0.25, 0.3) is 0 Å². The van der Waals surface area contributed by atoms with E-state index in [0.717, 1.165) is 5.75 Å². The number of ether oxygens (including phenoxy) is 1. The molecule has 0 N–H and O–H groups in total. The molecule has 0 aliphatic heterocycles. The van der Waals surface area contributed by atoms with Gasteiger partial charge in [-0.1, -0.05) is 94.8 Å². The fourth-order valence-electron chi connectivity index (χ4n) is 3.18. The summed E-state index contributed by atoms with van der Waals surface area (Å²) in [5, 5.41) is 1.45. The second-order valence-electron chi connectivity index (χ2n) is 10.7. The van der Waals surface area contributed by atoms with Crippen LogP contribution in [0.1, 0.15) is 84.6 Å². The van der Waals surface area contributed by atoms with Crippen LogP contribution in [0.4, 0.5) is 0 Å². The molecule has 0 amide bonds. The Hall–Kier alpha value is -1.59. The molecule has 0 bridgehead atoms. The highest BCUT2D eigenvalue weighted by Gasteiger charge is 2.28. The first-order valence-electron chi connectivity index (χ1n) is 10.1. The molecule has 0 radical (unpaired) electrons. The molecule has 0 saturated heterocycles. The predicted octanol–water partition coefficient (Wildman–Crippen LogP) is 7.01. The highest BCUT2D eigenvalue weighted by molar-refractivity contribution is 7.48. The van der Waals surface area contributed by atoms with E-state index in [1.165, 1.54) is 35.8 Å². The van der Waals surface area contributed by atoms with Crippen LogP contribution < -0.4 is 10.0 Å². The van der Waals surface area contributed by atoms with E-state index in [4.69, 9.17) is 4.74 Å². The largest absolute Gasteiger partial charge is 0.497 e. The van der Waals surface area contributed by atoms with Crippen molar-refractivity contribution in [2.45, 2.75) is 78.6 Å². The number of rotatable bonds is 3. The fraction of sp³-hybridized carbons (Fsp3) is 0.500.